The van der Waals surface area contributed by atoms with Crippen LogP contribution in [0.15, 0.2) is 74.5 Å². The molecule has 8 heteroatoms. The number of nitriles is 1. The van der Waals surface area contributed by atoms with Crippen LogP contribution in [0.2, 0.25) is 0 Å². The topological polar surface area (TPSA) is 111 Å². The van der Waals surface area contributed by atoms with Gasteiger partial charge in [-0.1, -0.05) is 28.1 Å². The summed E-state index contributed by atoms with van der Waals surface area (Å²) in [6, 6.07) is 14.7. The van der Waals surface area contributed by atoms with Gasteiger partial charge in [0.25, 0.3) is 5.56 Å². The summed E-state index contributed by atoms with van der Waals surface area (Å²) in [5.41, 5.74) is 6.67. The highest BCUT2D eigenvalue weighted by Gasteiger charge is 2.58. The number of carbonyl (C=O) groups is 1. The predicted octanol–water partition coefficient (Wildman–Crippen LogP) is 3.48. The third-order valence-electron chi connectivity index (χ3n) is 6.42. The minimum atomic E-state index is -1.41. The van der Waals surface area contributed by atoms with Gasteiger partial charge in [-0.2, -0.15) is 5.26 Å². The van der Waals surface area contributed by atoms with Gasteiger partial charge in [-0.15, -0.1) is 0 Å². The van der Waals surface area contributed by atoms with Gasteiger partial charge in [0.05, 0.1) is 22.2 Å². The highest BCUT2D eigenvalue weighted by atomic mass is 79.9. The van der Waals surface area contributed by atoms with E-state index >= 15 is 0 Å². The zero-order valence-electron chi connectivity index (χ0n) is 16.7. The zero-order chi connectivity index (χ0) is 22.2. The monoisotopic (exact) mass is 486 g/mol. The number of ketones is 1. The molecule has 2 aromatic carbocycles. The normalized spacial score (nSPS) is 21.3. The summed E-state index contributed by atoms with van der Waals surface area (Å²) in [5, 5.41) is 10.7. The molecule has 156 valence electrons. The van der Waals surface area contributed by atoms with Crippen molar-refractivity contribution in [2.45, 2.75) is 24.7 Å². The molecule has 0 fully saturated rings. The molecule has 32 heavy (non-hydrogen) atoms. The SMILES string of the molecule is N#CC1=C(N)OC2=C(C(=O)CCC2)C12c1cc(Br)ccc1-n1c2nc2ccccc2c1=O. The summed E-state index contributed by atoms with van der Waals surface area (Å²) in [7, 11) is 0. The van der Waals surface area contributed by atoms with Crippen LogP contribution in [0.4, 0.5) is 0 Å². The lowest BCUT2D eigenvalue weighted by Crippen LogP contribution is -2.43. The van der Waals surface area contributed by atoms with E-state index in [-0.39, 0.29) is 22.8 Å². The summed E-state index contributed by atoms with van der Waals surface area (Å²) >= 11 is 3.51. The minimum absolute atomic E-state index is 0.0669. The van der Waals surface area contributed by atoms with Crippen LogP contribution in [-0.2, 0) is 14.9 Å². The summed E-state index contributed by atoms with van der Waals surface area (Å²) in [4.78, 5) is 31.9. The molecule has 0 saturated carbocycles. The summed E-state index contributed by atoms with van der Waals surface area (Å²) < 4.78 is 8.05. The first-order valence-electron chi connectivity index (χ1n) is 10.2. The number of para-hydroxylation sites is 1. The molecule has 3 heterocycles. The number of hydrogen-bond donors (Lipinski definition) is 1. The van der Waals surface area contributed by atoms with Gasteiger partial charge in [0.1, 0.15) is 28.6 Å². The number of aromatic nitrogens is 2. The van der Waals surface area contributed by atoms with Gasteiger partial charge >= 0.3 is 0 Å². The molecule has 7 nitrogen and oxygen atoms in total. The Balaban J connectivity index is 1.89. The molecule has 2 N–H and O–H groups in total. The van der Waals surface area contributed by atoms with E-state index in [9.17, 15) is 14.9 Å². The van der Waals surface area contributed by atoms with E-state index in [1.807, 2.05) is 12.1 Å². The van der Waals surface area contributed by atoms with Crippen LogP contribution in [0, 0.1) is 11.3 Å². The third-order valence-corrected chi connectivity index (χ3v) is 6.91. The van der Waals surface area contributed by atoms with Crippen molar-refractivity contribution in [3.8, 4) is 11.8 Å². The Labute approximate surface area is 190 Å². The quantitative estimate of drug-likeness (QED) is 0.520. The third kappa shape index (κ3) is 2.16. The second-order valence-corrected chi connectivity index (χ2v) is 8.95. The van der Waals surface area contributed by atoms with Crippen molar-refractivity contribution >= 4 is 32.6 Å². The first-order chi connectivity index (χ1) is 15.5. The van der Waals surface area contributed by atoms with Crippen molar-refractivity contribution < 1.29 is 9.53 Å². The number of fused-ring (bicyclic) bond motifs is 7. The Morgan fingerprint density at radius 1 is 1.19 bits per heavy atom. The van der Waals surface area contributed by atoms with Crippen LogP contribution in [0.25, 0.3) is 16.6 Å². The highest BCUT2D eigenvalue weighted by molar-refractivity contribution is 9.10. The summed E-state index contributed by atoms with van der Waals surface area (Å²) in [5.74, 6) is 0.537. The fourth-order valence-electron chi connectivity index (χ4n) is 5.19. The van der Waals surface area contributed by atoms with Crippen molar-refractivity contribution in [2.24, 2.45) is 5.73 Å². The van der Waals surface area contributed by atoms with Crippen LogP contribution in [-0.4, -0.2) is 15.3 Å². The molecular formula is C24H15BrN4O3. The maximum atomic E-state index is 13.7. The van der Waals surface area contributed by atoms with Gasteiger partial charge in [0.2, 0.25) is 5.88 Å². The average molecular weight is 487 g/mol. The second-order valence-electron chi connectivity index (χ2n) is 8.03. The molecule has 1 aliphatic carbocycles. The average Bonchev–Trinajstić information content (AvgIpc) is 3.04. The predicted molar refractivity (Wildman–Crippen MR) is 120 cm³/mol. The van der Waals surface area contributed by atoms with Gasteiger partial charge in [-0.05, 0) is 36.8 Å². The largest absolute Gasteiger partial charge is 0.444 e. The van der Waals surface area contributed by atoms with E-state index in [4.69, 9.17) is 15.5 Å². The number of allylic oxidation sites excluding steroid dienone is 3. The Morgan fingerprint density at radius 3 is 2.81 bits per heavy atom. The molecule has 6 rings (SSSR count). The van der Waals surface area contributed by atoms with E-state index in [1.54, 1.807) is 30.3 Å². The fourth-order valence-corrected chi connectivity index (χ4v) is 5.55. The van der Waals surface area contributed by atoms with Crippen molar-refractivity contribution in [2.75, 3.05) is 0 Å². The van der Waals surface area contributed by atoms with Crippen LogP contribution in [0.5, 0.6) is 0 Å². The number of rotatable bonds is 0. The van der Waals surface area contributed by atoms with E-state index < -0.39 is 5.41 Å². The standard InChI is InChI=1S/C24H15BrN4O3/c25-12-8-9-17-14(10-12)24(23-28-16-5-2-1-4-13(16)22(31)29(17)23)15(11-26)21(27)32-19-7-3-6-18(30)20(19)24/h1-2,4-5,8-10H,3,6-7,27H2. The summed E-state index contributed by atoms with van der Waals surface area (Å²) in [6.45, 7) is 0. The van der Waals surface area contributed by atoms with Gasteiger partial charge in [0, 0.05) is 22.9 Å². The molecule has 0 radical (unpaired) electrons. The summed E-state index contributed by atoms with van der Waals surface area (Å²) in [6.07, 6.45) is 1.47. The van der Waals surface area contributed by atoms with Crippen LogP contribution >= 0.6 is 15.9 Å². The molecule has 0 amide bonds. The van der Waals surface area contributed by atoms with Crippen molar-refractivity contribution in [1.29, 1.82) is 5.26 Å². The lowest BCUT2D eigenvalue weighted by molar-refractivity contribution is -0.117. The molecule has 1 unspecified atom stereocenters. The van der Waals surface area contributed by atoms with E-state index in [1.165, 1.54) is 4.57 Å². The Kier molecular flexibility index (Phi) is 3.81. The number of ether oxygens (including phenoxy) is 1. The Morgan fingerprint density at radius 2 is 2.00 bits per heavy atom. The van der Waals surface area contributed by atoms with Gasteiger partial charge in [0.15, 0.2) is 5.78 Å². The van der Waals surface area contributed by atoms with Crippen molar-refractivity contribution in [1.82, 2.24) is 9.55 Å². The zero-order valence-corrected chi connectivity index (χ0v) is 18.3. The van der Waals surface area contributed by atoms with E-state index in [0.29, 0.717) is 58.6 Å². The molecule has 2 aliphatic heterocycles. The number of nitrogens with zero attached hydrogens (tertiary/aromatic N) is 3. The first-order valence-corrected chi connectivity index (χ1v) is 11.0. The number of nitrogens with two attached hydrogens (primary N) is 1. The first kappa shape index (κ1) is 19.0. The van der Waals surface area contributed by atoms with Crippen molar-refractivity contribution in [3.05, 3.63) is 91.5 Å². The lowest BCUT2D eigenvalue weighted by Gasteiger charge is -2.38. The number of carbonyl (C=O) groups excluding carboxylic acids is 1. The van der Waals surface area contributed by atoms with Crippen LogP contribution in [0.3, 0.4) is 0 Å². The van der Waals surface area contributed by atoms with E-state index in [0.717, 1.165) is 4.47 Å². The van der Waals surface area contributed by atoms with Crippen molar-refractivity contribution in [3.63, 3.8) is 0 Å². The smallest absolute Gasteiger partial charge is 0.266 e. The molecule has 1 aromatic heterocycles. The van der Waals surface area contributed by atoms with Gasteiger partial charge < -0.3 is 10.5 Å². The Bertz CT molecular complexity index is 1560. The fraction of sp³-hybridized carbons (Fsp3) is 0.167. The number of benzene rings is 2. The van der Waals surface area contributed by atoms with Gasteiger partial charge in [-0.3, -0.25) is 14.2 Å². The molecule has 0 bridgehead atoms. The van der Waals surface area contributed by atoms with E-state index in [2.05, 4.69) is 22.0 Å². The minimum Gasteiger partial charge on any atom is -0.444 e. The van der Waals surface area contributed by atoms with Crippen LogP contribution < -0.4 is 11.3 Å². The molecule has 1 spiro atoms. The van der Waals surface area contributed by atoms with Gasteiger partial charge in [-0.25, -0.2) is 4.98 Å². The van der Waals surface area contributed by atoms with Crippen LogP contribution in [0.1, 0.15) is 30.7 Å². The Hall–Kier alpha value is -3.70. The molecule has 3 aromatic rings. The number of Topliss-reactive ketones (excluding diaryl/α,β-unsaturated/α-hetero) is 1. The lowest BCUT2D eigenvalue weighted by atomic mass is 9.65. The maximum absolute atomic E-state index is 13.7. The highest BCUT2D eigenvalue weighted by Crippen LogP contribution is 2.56. The molecule has 3 aliphatic rings. The second kappa shape index (κ2) is 6.40. The molecule has 1 atom stereocenters. The number of halogens is 1. The maximum Gasteiger partial charge on any atom is 0.266 e. The molecule has 0 saturated heterocycles. The number of hydrogen-bond acceptors (Lipinski definition) is 6. The molecular weight excluding hydrogens is 472 g/mol.